The van der Waals surface area contributed by atoms with Crippen molar-refractivity contribution in [3.8, 4) is 0 Å². The van der Waals surface area contributed by atoms with Gasteiger partial charge in [-0.3, -0.25) is 8.84 Å². The van der Waals surface area contributed by atoms with Crippen molar-refractivity contribution in [3.63, 3.8) is 0 Å². The third kappa shape index (κ3) is 4.68. The highest BCUT2D eigenvalue weighted by molar-refractivity contribution is 6.27. The molecule has 3 rings (SSSR count). The smallest absolute Gasteiger partial charge is 0.0599 e. The second kappa shape index (κ2) is 8.28. The lowest BCUT2D eigenvalue weighted by atomic mass is 10.1. The van der Waals surface area contributed by atoms with Gasteiger partial charge in [0.15, 0.2) is 0 Å². The first-order chi connectivity index (χ1) is 12.1. The van der Waals surface area contributed by atoms with E-state index in [1.54, 1.807) is 8.84 Å². The van der Waals surface area contributed by atoms with Crippen LogP contribution >= 0.6 is 23.6 Å². The quantitative estimate of drug-likeness (QED) is 0.478. The molecule has 3 aromatic rings. The van der Waals surface area contributed by atoms with Gasteiger partial charge in [0.2, 0.25) is 0 Å². The summed E-state index contributed by atoms with van der Waals surface area (Å²) in [6.07, 6.45) is 0. The van der Waals surface area contributed by atoms with Crippen molar-refractivity contribution in [2.24, 2.45) is 0 Å². The van der Waals surface area contributed by atoms with Crippen LogP contribution in [0.5, 0.6) is 0 Å². The largest absolute Gasteiger partial charge is 0.281 e. The second-order valence-electron chi connectivity index (χ2n) is 5.82. The highest BCUT2D eigenvalue weighted by Crippen LogP contribution is 2.30. The molecule has 0 unspecified atom stereocenters. The summed E-state index contributed by atoms with van der Waals surface area (Å²) >= 11 is 13.0. The molecule has 0 saturated carbocycles. The summed E-state index contributed by atoms with van der Waals surface area (Å²) in [7, 11) is 0. The maximum Gasteiger partial charge on any atom is 0.0599 e. The molecule has 3 aromatic carbocycles. The van der Waals surface area contributed by atoms with E-state index in [1.807, 2.05) is 66.7 Å². The van der Waals surface area contributed by atoms with Gasteiger partial charge in [0, 0.05) is 23.6 Å². The zero-order valence-electron chi connectivity index (χ0n) is 13.8. The fraction of sp³-hybridized carbons (Fsp3) is 0.0952. The van der Waals surface area contributed by atoms with Crippen LogP contribution in [0.1, 0.15) is 16.7 Å². The van der Waals surface area contributed by atoms with Crippen LogP contribution in [-0.2, 0) is 13.1 Å². The minimum absolute atomic E-state index is 0.593. The van der Waals surface area contributed by atoms with E-state index in [1.165, 1.54) is 0 Å². The van der Waals surface area contributed by atoms with Crippen LogP contribution in [0.25, 0.3) is 0 Å². The van der Waals surface area contributed by atoms with Gasteiger partial charge in [0.05, 0.1) is 24.5 Å². The van der Waals surface area contributed by atoms with Crippen LogP contribution in [0.15, 0.2) is 78.9 Å². The summed E-state index contributed by atoms with van der Waals surface area (Å²) in [4.78, 5) is 0. The third-order valence-corrected chi connectivity index (χ3v) is 4.56. The standard InChI is InChI=1S/C21H19Cl2N2/c1-17-12-13-20(24(22)15-18-8-4-2-5-9-18)14-21(17)25(23)16-19-10-6-3-7-11-19/h2-14H,1,15-16H2. The number of halogens is 2. The highest BCUT2D eigenvalue weighted by atomic mass is 35.5. The molecule has 25 heavy (non-hydrogen) atoms. The van der Waals surface area contributed by atoms with Crippen molar-refractivity contribution >= 4 is 34.9 Å². The second-order valence-corrected chi connectivity index (χ2v) is 6.64. The monoisotopic (exact) mass is 369 g/mol. The first-order valence-corrected chi connectivity index (χ1v) is 8.71. The van der Waals surface area contributed by atoms with Gasteiger partial charge in [-0.2, -0.15) is 0 Å². The van der Waals surface area contributed by atoms with E-state index in [0.717, 1.165) is 28.1 Å². The Morgan fingerprint density at radius 3 is 1.76 bits per heavy atom. The molecular formula is C21H19Cl2N2. The van der Waals surface area contributed by atoms with Crippen LogP contribution < -0.4 is 8.84 Å². The Hall–Kier alpha value is -2.16. The maximum atomic E-state index is 6.51. The first kappa shape index (κ1) is 17.7. The maximum absolute atomic E-state index is 6.51. The molecule has 0 spiro atoms. The van der Waals surface area contributed by atoms with Gasteiger partial charge in [-0.15, -0.1) is 0 Å². The highest BCUT2D eigenvalue weighted by Gasteiger charge is 2.12. The molecular weight excluding hydrogens is 351 g/mol. The van der Waals surface area contributed by atoms with Crippen molar-refractivity contribution in [1.82, 2.24) is 0 Å². The predicted octanol–water partition coefficient (Wildman–Crippen LogP) is 6.19. The Kier molecular flexibility index (Phi) is 5.85. The van der Waals surface area contributed by atoms with Gasteiger partial charge < -0.3 is 0 Å². The average Bonchev–Trinajstić information content (AvgIpc) is 2.63. The van der Waals surface area contributed by atoms with E-state index in [4.69, 9.17) is 23.6 Å². The van der Waals surface area contributed by atoms with Gasteiger partial charge in [0.25, 0.3) is 0 Å². The van der Waals surface area contributed by atoms with E-state index in [2.05, 4.69) is 19.1 Å². The fourth-order valence-electron chi connectivity index (χ4n) is 2.59. The normalized spacial score (nSPS) is 10.5. The molecule has 0 atom stereocenters. The molecule has 0 aliphatic rings. The van der Waals surface area contributed by atoms with E-state index in [0.29, 0.717) is 13.1 Å². The summed E-state index contributed by atoms with van der Waals surface area (Å²) in [5.74, 6) is 0. The number of hydrogen-bond acceptors (Lipinski definition) is 2. The Balaban J connectivity index is 1.77. The molecule has 127 valence electrons. The van der Waals surface area contributed by atoms with Crippen LogP contribution in [0, 0.1) is 6.92 Å². The molecule has 0 fully saturated rings. The van der Waals surface area contributed by atoms with Crippen molar-refractivity contribution < 1.29 is 0 Å². The van der Waals surface area contributed by atoms with Gasteiger partial charge in [-0.05, 0) is 35.7 Å². The Morgan fingerprint density at radius 1 is 0.680 bits per heavy atom. The van der Waals surface area contributed by atoms with Crippen LogP contribution in [-0.4, -0.2) is 0 Å². The molecule has 0 amide bonds. The zero-order valence-corrected chi connectivity index (χ0v) is 15.3. The van der Waals surface area contributed by atoms with Crippen LogP contribution in [0.3, 0.4) is 0 Å². The zero-order chi connectivity index (χ0) is 17.6. The minimum atomic E-state index is 0.593. The first-order valence-electron chi connectivity index (χ1n) is 8.04. The van der Waals surface area contributed by atoms with Crippen molar-refractivity contribution in [2.75, 3.05) is 8.84 Å². The molecule has 0 heterocycles. The van der Waals surface area contributed by atoms with Crippen molar-refractivity contribution in [2.45, 2.75) is 13.1 Å². The number of hydrogen-bond donors (Lipinski definition) is 0. The van der Waals surface area contributed by atoms with Crippen molar-refractivity contribution in [1.29, 1.82) is 0 Å². The molecule has 0 bridgehead atoms. The number of benzene rings is 3. The summed E-state index contributed by atoms with van der Waals surface area (Å²) in [5.41, 5.74) is 4.87. The molecule has 0 aliphatic carbocycles. The molecule has 2 nitrogen and oxygen atoms in total. The fourth-order valence-corrected chi connectivity index (χ4v) is 3.13. The lowest BCUT2D eigenvalue weighted by Gasteiger charge is -2.22. The number of nitrogens with zero attached hydrogens (tertiary/aromatic N) is 2. The SMILES string of the molecule is [CH2]c1ccc(N(Cl)Cc2ccccc2)cc1N(Cl)Cc1ccccc1. The number of anilines is 2. The molecule has 4 heteroatoms. The molecule has 0 aromatic heterocycles. The lowest BCUT2D eigenvalue weighted by Crippen LogP contribution is -2.13. The van der Waals surface area contributed by atoms with Gasteiger partial charge in [0.1, 0.15) is 0 Å². The number of rotatable bonds is 6. The topological polar surface area (TPSA) is 6.48 Å². The Morgan fingerprint density at radius 2 is 1.20 bits per heavy atom. The van der Waals surface area contributed by atoms with Crippen LogP contribution in [0.4, 0.5) is 11.4 Å². The van der Waals surface area contributed by atoms with Crippen LogP contribution in [0.2, 0.25) is 0 Å². The molecule has 0 N–H and O–H groups in total. The summed E-state index contributed by atoms with van der Waals surface area (Å²) in [5, 5.41) is 0. The van der Waals surface area contributed by atoms with E-state index >= 15 is 0 Å². The minimum Gasteiger partial charge on any atom is -0.281 e. The van der Waals surface area contributed by atoms with E-state index < -0.39 is 0 Å². The van der Waals surface area contributed by atoms with E-state index in [9.17, 15) is 0 Å². The van der Waals surface area contributed by atoms with Crippen molar-refractivity contribution in [3.05, 3.63) is 102 Å². The summed E-state index contributed by atoms with van der Waals surface area (Å²) in [6, 6.07) is 26.0. The summed E-state index contributed by atoms with van der Waals surface area (Å²) < 4.78 is 3.36. The average molecular weight is 370 g/mol. The molecule has 0 aliphatic heterocycles. The Bertz CT molecular complexity index is 807. The molecule has 0 saturated heterocycles. The molecule has 1 radical (unpaired) electrons. The van der Waals surface area contributed by atoms with Gasteiger partial charge in [-0.1, -0.05) is 66.7 Å². The lowest BCUT2D eigenvalue weighted by molar-refractivity contribution is 1.02. The third-order valence-electron chi connectivity index (χ3n) is 3.94. The van der Waals surface area contributed by atoms with Gasteiger partial charge >= 0.3 is 0 Å². The van der Waals surface area contributed by atoms with Gasteiger partial charge in [-0.25, -0.2) is 0 Å². The Labute approximate surface area is 159 Å². The summed E-state index contributed by atoms with van der Waals surface area (Å²) in [6.45, 7) is 5.28. The van der Waals surface area contributed by atoms with E-state index in [-0.39, 0.29) is 0 Å². The predicted molar refractivity (Wildman–Crippen MR) is 108 cm³/mol.